The summed E-state index contributed by atoms with van der Waals surface area (Å²) in [5, 5.41) is 1.12. The Kier molecular flexibility index (Phi) is 3.34. The molecule has 17 heavy (non-hydrogen) atoms. The number of benzene rings is 1. The van der Waals surface area contributed by atoms with Crippen molar-refractivity contribution in [2.45, 2.75) is 32.7 Å². The largest absolute Gasteiger partial charge is 0.459 e. The second-order valence-electron chi connectivity index (χ2n) is 4.60. The third kappa shape index (κ3) is 2.59. The molecule has 1 heterocycles. The molecule has 0 amide bonds. The molecule has 0 aliphatic heterocycles. The van der Waals surface area contributed by atoms with Crippen LogP contribution >= 0.6 is 0 Å². The molecule has 1 unspecified atom stereocenters. The maximum atomic E-state index is 6.12. The van der Waals surface area contributed by atoms with Crippen LogP contribution in [0.3, 0.4) is 0 Å². The molecule has 1 aromatic carbocycles. The molecule has 2 heteroatoms. The van der Waals surface area contributed by atoms with Crippen LogP contribution in [0.4, 0.5) is 0 Å². The van der Waals surface area contributed by atoms with Gasteiger partial charge in [0.05, 0.1) is 6.04 Å². The summed E-state index contributed by atoms with van der Waals surface area (Å²) in [6.45, 7) is 8.15. The van der Waals surface area contributed by atoms with E-state index in [4.69, 9.17) is 10.2 Å². The van der Waals surface area contributed by atoms with E-state index < -0.39 is 0 Å². The third-order valence-corrected chi connectivity index (χ3v) is 3.06. The van der Waals surface area contributed by atoms with E-state index in [1.165, 1.54) is 5.56 Å². The zero-order valence-electron chi connectivity index (χ0n) is 10.5. The highest BCUT2D eigenvalue weighted by molar-refractivity contribution is 5.78. The average Bonchev–Trinajstić information content (AvgIpc) is 2.71. The highest BCUT2D eigenvalue weighted by atomic mass is 16.3. The molecule has 2 rings (SSSR count). The van der Waals surface area contributed by atoms with Gasteiger partial charge in [-0.2, -0.15) is 0 Å². The zero-order chi connectivity index (χ0) is 12.4. The molecule has 2 N–H and O–H groups in total. The lowest BCUT2D eigenvalue weighted by molar-refractivity contribution is 0.491. The van der Waals surface area contributed by atoms with Crippen molar-refractivity contribution in [1.29, 1.82) is 0 Å². The molecule has 0 bridgehead atoms. The van der Waals surface area contributed by atoms with Crippen molar-refractivity contribution in [3.05, 3.63) is 47.7 Å². The molecule has 2 aromatic rings. The van der Waals surface area contributed by atoms with Crippen LogP contribution in [0.5, 0.6) is 0 Å². The minimum Gasteiger partial charge on any atom is -0.459 e. The smallest absolute Gasteiger partial charge is 0.134 e. The lowest BCUT2D eigenvalue weighted by atomic mass is 10.0. The Morgan fingerprint density at radius 1 is 1.41 bits per heavy atom. The van der Waals surface area contributed by atoms with Crippen molar-refractivity contribution < 1.29 is 4.42 Å². The maximum absolute atomic E-state index is 6.12. The Bertz CT molecular complexity index is 539. The average molecular weight is 229 g/mol. The third-order valence-electron chi connectivity index (χ3n) is 3.06. The van der Waals surface area contributed by atoms with Gasteiger partial charge in [0.1, 0.15) is 11.3 Å². The summed E-state index contributed by atoms with van der Waals surface area (Å²) in [6.07, 6.45) is 1.75. The molecule has 1 atom stereocenters. The highest BCUT2D eigenvalue weighted by Gasteiger charge is 2.12. The standard InChI is InChI=1S/C15H19NO/c1-4-10(2)8-13(16)15-9-12-7-11(3)5-6-14(12)17-15/h5-7,9,13H,2,4,8,16H2,1,3H3. The Hall–Kier alpha value is -1.54. The molecule has 2 nitrogen and oxygen atoms in total. The minimum absolute atomic E-state index is 0.0878. The first kappa shape index (κ1) is 11.9. The van der Waals surface area contributed by atoms with Crippen molar-refractivity contribution in [2.24, 2.45) is 5.73 Å². The van der Waals surface area contributed by atoms with Gasteiger partial charge in [0, 0.05) is 5.39 Å². The molecular formula is C15H19NO. The summed E-state index contributed by atoms with van der Waals surface area (Å²) in [6, 6.07) is 8.11. The van der Waals surface area contributed by atoms with E-state index >= 15 is 0 Å². The van der Waals surface area contributed by atoms with E-state index in [-0.39, 0.29) is 6.04 Å². The van der Waals surface area contributed by atoms with E-state index in [1.807, 2.05) is 18.2 Å². The zero-order valence-corrected chi connectivity index (χ0v) is 10.5. The first-order valence-corrected chi connectivity index (χ1v) is 6.02. The quantitative estimate of drug-likeness (QED) is 0.802. The van der Waals surface area contributed by atoms with E-state index in [0.717, 1.165) is 35.1 Å². The van der Waals surface area contributed by atoms with Gasteiger partial charge in [0.2, 0.25) is 0 Å². The Morgan fingerprint density at radius 3 is 2.88 bits per heavy atom. The summed E-state index contributed by atoms with van der Waals surface area (Å²) in [7, 11) is 0. The maximum Gasteiger partial charge on any atom is 0.134 e. The fourth-order valence-corrected chi connectivity index (χ4v) is 1.92. The molecule has 0 aliphatic carbocycles. The van der Waals surface area contributed by atoms with Crippen molar-refractivity contribution in [3.8, 4) is 0 Å². The lowest BCUT2D eigenvalue weighted by Crippen LogP contribution is -2.09. The summed E-state index contributed by atoms with van der Waals surface area (Å²) in [5.74, 6) is 0.847. The topological polar surface area (TPSA) is 39.2 Å². The fraction of sp³-hybridized carbons (Fsp3) is 0.333. The van der Waals surface area contributed by atoms with E-state index in [0.29, 0.717) is 0 Å². The number of nitrogens with two attached hydrogens (primary N) is 1. The van der Waals surface area contributed by atoms with Crippen molar-refractivity contribution in [3.63, 3.8) is 0 Å². The van der Waals surface area contributed by atoms with Crippen molar-refractivity contribution >= 4 is 11.0 Å². The fourth-order valence-electron chi connectivity index (χ4n) is 1.92. The summed E-state index contributed by atoms with van der Waals surface area (Å²) in [4.78, 5) is 0. The Morgan fingerprint density at radius 2 is 2.18 bits per heavy atom. The monoisotopic (exact) mass is 229 g/mol. The van der Waals surface area contributed by atoms with Gasteiger partial charge in [0.15, 0.2) is 0 Å². The van der Waals surface area contributed by atoms with Gasteiger partial charge in [-0.1, -0.05) is 30.7 Å². The molecule has 0 saturated carbocycles. The Labute approximate surface area is 102 Å². The highest BCUT2D eigenvalue weighted by Crippen LogP contribution is 2.27. The van der Waals surface area contributed by atoms with Crippen LogP contribution in [0, 0.1) is 6.92 Å². The first-order chi connectivity index (χ1) is 8.10. The molecule has 0 saturated heterocycles. The van der Waals surface area contributed by atoms with Gasteiger partial charge in [0.25, 0.3) is 0 Å². The second kappa shape index (κ2) is 4.76. The van der Waals surface area contributed by atoms with E-state index in [2.05, 4.69) is 26.5 Å². The van der Waals surface area contributed by atoms with Crippen molar-refractivity contribution in [2.75, 3.05) is 0 Å². The van der Waals surface area contributed by atoms with Crippen LogP contribution in [0.25, 0.3) is 11.0 Å². The molecule has 1 aromatic heterocycles. The van der Waals surface area contributed by atoms with Crippen LogP contribution in [0.15, 0.2) is 40.8 Å². The van der Waals surface area contributed by atoms with Gasteiger partial charge in [-0.3, -0.25) is 0 Å². The SMILES string of the molecule is C=C(CC)CC(N)c1cc2cc(C)ccc2o1. The minimum atomic E-state index is -0.0878. The molecule has 0 spiro atoms. The predicted octanol–water partition coefficient (Wildman–Crippen LogP) is 4.10. The summed E-state index contributed by atoms with van der Waals surface area (Å²) >= 11 is 0. The first-order valence-electron chi connectivity index (χ1n) is 6.02. The number of hydrogen-bond donors (Lipinski definition) is 1. The molecule has 90 valence electrons. The van der Waals surface area contributed by atoms with Gasteiger partial charge in [-0.15, -0.1) is 0 Å². The number of aryl methyl sites for hydroxylation is 1. The van der Waals surface area contributed by atoms with E-state index in [9.17, 15) is 0 Å². The molecule has 0 aliphatic rings. The number of furan rings is 1. The normalized spacial score (nSPS) is 12.9. The van der Waals surface area contributed by atoms with Crippen molar-refractivity contribution in [1.82, 2.24) is 0 Å². The molecule has 0 fully saturated rings. The predicted molar refractivity (Wildman–Crippen MR) is 71.9 cm³/mol. The lowest BCUT2D eigenvalue weighted by Gasteiger charge is -2.09. The van der Waals surface area contributed by atoms with Crippen LogP contribution in [-0.4, -0.2) is 0 Å². The van der Waals surface area contributed by atoms with Gasteiger partial charge in [-0.25, -0.2) is 0 Å². The Balaban J connectivity index is 2.27. The second-order valence-corrected chi connectivity index (χ2v) is 4.60. The number of hydrogen-bond acceptors (Lipinski definition) is 2. The number of fused-ring (bicyclic) bond motifs is 1. The van der Waals surface area contributed by atoms with Crippen LogP contribution in [0.1, 0.15) is 37.1 Å². The van der Waals surface area contributed by atoms with Crippen LogP contribution < -0.4 is 5.73 Å². The van der Waals surface area contributed by atoms with Crippen LogP contribution in [-0.2, 0) is 0 Å². The number of rotatable bonds is 4. The van der Waals surface area contributed by atoms with E-state index in [1.54, 1.807) is 0 Å². The van der Waals surface area contributed by atoms with Gasteiger partial charge >= 0.3 is 0 Å². The molecular weight excluding hydrogens is 210 g/mol. The van der Waals surface area contributed by atoms with Gasteiger partial charge < -0.3 is 10.2 Å². The van der Waals surface area contributed by atoms with Crippen LogP contribution in [0.2, 0.25) is 0 Å². The van der Waals surface area contributed by atoms with Gasteiger partial charge in [-0.05, 0) is 38.0 Å². The summed E-state index contributed by atoms with van der Waals surface area (Å²) < 4.78 is 5.76. The summed E-state index contributed by atoms with van der Waals surface area (Å²) in [5.41, 5.74) is 9.42. The molecule has 0 radical (unpaired) electrons.